The molecule has 0 unspecified atom stereocenters. The van der Waals surface area contributed by atoms with Gasteiger partial charge in [0, 0.05) is 13.1 Å². The van der Waals surface area contributed by atoms with E-state index in [1.54, 1.807) is 10.9 Å². The number of nitrogens with two attached hydrogens (primary N) is 1. The number of hydrogen-bond acceptors (Lipinski definition) is 6. The smallest absolute Gasteiger partial charge is 0.236 e. The third-order valence-electron chi connectivity index (χ3n) is 1.51. The van der Waals surface area contributed by atoms with Gasteiger partial charge in [0.05, 0.1) is 6.20 Å². The molecule has 68 valence electrons. The Balaban J connectivity index is 2.45. The van der Waals surface area contributed by atoms with E-state index in [1.807, 2.05) is 13.1 Å². The summed E-state index contributed by atoms with van der Waals surface area (Å²) in [7, 11) is 1.82. The zero-order valence-corrected chi connectivity index (χ0v) is 7.75. The molecule has 0 radical (unpaired) electrons. The van der Waals surface area contributed by atoms with Crippen molar-refractivity contribution < 1.29 is 0 Å². The van der Waals surface area contributed by atoms with Crippen LogP contribution in [0, 0.1) is 0 Å². The first-order chi connectivity index (χ1) is 6.31. The van der Waals surface area contributed by atoms with Gasteiger partial charge in [-0.2, -0.15) is 9.78 Å². The van der Waals surface area contributed by atoms with Crippen LogP contribution in [0.2, 0.25) is 0 Å². The Hall–Kier alpha value is -1.63. The molecule has 0 aromatic carbocycles. The molecule has 0 atom stereocenters. The molecule has 0 saturated heterocycles. The maximum atomic E-state index is 5.46. The standard InChI is InChI=1S/C6H8N6S/c1-8-4-2-3-9-12(4)6-11-10-5(7)13-6/h2-3,8H,1H3,(H2,7,10). The molecule has 2 heterocycles. The molecule has 0 saturated carbocycles. The van der Waals surface area contributed by atoms with Crippen molar-refractivity contribution in [1.82, 2.24) is 20.0 Å². The second kappa shape index (κ2) is 3.02. The predicted octanol–water partition coefficient (Wildman–Crippen LogP) is 0.348. The first kappa shape index (κ1) is 7.99. The molecule has 0 amide bonds. The summed E-state index contributed by atoms with van der Waals surface area (Å²) in [6.07, 6.45) is 1.68. The lowest BCUT2D eigenvalue weighted by Crippen LogP contribution is -2.01. The monoisotopic (exact) mass is 196 g/mol. The fourth-order valence-electron chi connectivity index (χ4n) is 0.957. The van der Waals surface area contributed by atoms with Crippen LogP contribution in [0.4, 0.5) is 10.9 Å². The van der Waals surface area contributed by atoms with Crippen LogP contribution in [-0.4, -0.2) is 27.0 Å². The fourth-order valence-corrected chi connectivity index (χ4v) is 1.54. The Bertz CT molecular complexity index is 405. The lowest BCUT2D eigenvalue weighted by atomic mass is 10.6. The van der Waals surface area contributed by atoms with Gasteiger partial charge in [-0.25, -0.2) is 0 Å². The molecule has 0 aliphatic carbocycles. The number of rotatable bonds is 2. The predicted molar refractivity (Wildman–Crippen MR) is 51.0 cm³/mol. The SMILES string of the molecule is CNc1ccnn1-c1nnc(N)s1. The third-order valence-corrected chi connectivity index (χ3v) is 2.24. The van der Waals surface area contributed by atoms with E-state index in [4.69, 9.17) is 5.73 Å². The summed E-state index contributed by atoms with van der Waals surface area (Å²) in [4.78, 5) is 0. The van der Waals surface area contributed by atoms with E-state index in [0.717, 1.165) is 5.82 Å². The van der Waals surface area contributed by atoms with Crippen LogP contribution in [0.5, 0.6) is 0 Å². The van der Waals surface area contributed by atoms with Crippen molar-refractivity contribution in [3.63, 3.8) is 0 Å². The van der Waals surface area contributed by atoms with Gasteiger partial charge in [0.25, 0.3) is 0 Å². The molecule has 7 heteroatoms. The summed E-state index contributed by atoms with van der Waals surface area (Å²) in [5, 5.41) is 15.7. The molecule has 6 nitrogen and oxygen atoms in total. The molecular formula is C6H8N6S. The third kappa shape index (κ3) is 1.33. The van der Waals surface area contributed by atoms with Gasteiger partial charge in [0.1, 0.15) is 5.82 Å². The molecule has 3 N–H and O–H groups in total. The molecule has 0 spiro atoms. The number of hydrogen-bond donors (Lipinski definition) is 2. The van der Waals surface area contributed by atoms with Crippen molar-refractivity contribution in [2.75, 3.05) is 18.1 Å². The highest BCUT2D eigenvalue weighted by molar-refractivity contribution is 7.17. The highest BCUT2D eigenvalue weighted by Gasteiger charge is 2.07. The molecule has 2 rings (SSSR count). The van der Waals surface area contributed by atoms with Crippen molar-refractivity contribution in [3.05, 3.63) is 12.3 Å². The second-order valence-electron chi connectivity index (χ2n) is 2.30. The van der Waals surface area contributed by atoms with Crippen LogP contribution in [-0.2, 0) is 0 Å². The fraction of sp³-hybridized carbons (Fsp3) is 0.167. The lowest BCUT2D eigenvalue weighted by molar-refractivity contribution is 0.852. The molecule has 2 aromatic rings. The second-order valence-corrected chi connectivity index (χ2v) is 3.29. The van der Waals surface area contributed by atoms with Crippen LogP contribution >= 0.6 is 11.3 Å². The van der Waals surface area contributed by atoms with Crippen LogP contribution in [0.3, 0.4) is 0 Å². The Morgan fingerprint density at radius 1 is 1.54 bits per heavy atom. The average Bonchev–Trinajstić information content (AvgIpc) is 2.71. The summed E-state index contributed by atoms with van der Waals surface area (Å²) in [6.45, 7) is 0. The molecule has 0 fully saturated rings. The molecular weight excluding hydrogens is 188 g/mol. The zero-order chi connectivity index (χ0) is 9.26. The molecule has 2 aromatic heterocycles. The quantitative estimate of drug-likeness (QED) is 0.724. The Morgan fingerprint density at radius 3 is 3.00 bits per heavy atom. The lowest BCUT2D eigenvalue weighted by Gasteiger charge is -2.00. The summed E-state index contributed by atoms with van der Waals surface area (Å²) < 4.78 is 1.65. The van der Waals surface area contributed by atoms with Crippen molar-refractivity contribution in [1.29, 1.82) is 0 Å². The van der Waals surface area contributed by atoms with Gasteiger partial charge in [-0.1, -0.05) is 11.3 Å². The van der Waals surface area contributed by atoms with Crippen LogP contribution < -0.4 is 11.1 Å². The van der Waals surface area contributed by atoms with Crippen LogP contribution in [0.1, 0.15) is 0 Å². The maximum Gasteiger partial charge on any atom is 0.236 e. The number of nitrogens with zero attached hydrogens (tertiary/aromatic N) is 4. The van der Waals surface area contributed by atoms with E-state index < -0.39 is 0 Å². The topological polar surface area (TPSA) is 81.7 Å². The maximum absolute atomic E-state index is 5.46. The van der Waals surface area contributed by atoms with E-state index in [0.29, 0.717) is 10.3 Å². The largest absolute Gasteiger partial charge is 0.374 e. The Kier molecular flexibility index (Phi) is 1.85. The van der Waals surface area contributed by atoms with Gasteiger partial charge in [-0.05, 0) is 0 Å². The summed E-state index contributed by atoms with van der Waals surface area (Å²) in [5.41, 5.74) is 5.46. The first-order valence-corrected chi connectivity index (χ1v) is 4.44. The molecule has 0 aliphatic heterocycles. The van der Waals surface area contributed by atoms with Gasteiger partial charge < -0.3 is 11.1 Å². The van der Waals surface area contributed by atoms with Gasteiger partial charge in [-0.3, -0.25) is 0 Å². The van der Waals surface area contributed by atoms with Crippen molar-refractivity contribution >= 4 is 22.3 Å². The number of anilines is 2. The van der Waals surface area contributed by atoms with E-state index >= 15 is 0 Å². The minimum absolute atomic E-state index is 0.438. The first-order valence-electron chi connectivity index (χ1n) is 3.62. The van der Waals surface area contributed by atoms with E-state index in [2.05, 4.69) is 20.6 Å². The molecule has 13 heavy (non-hydrogen) atoms. The van der Waals surface area contributed by atoms with E-state index in [1.165, 1.54) is 11.3 Å². The Labute approximate surface area is 78.4 Å². The highest BCUT2D eigenvalue weighted by Crippen LogP contribution is 2.18. The molecule has 0 aliphatic rings. The minimum atomic E-state index is 0.438. The van der Waals surface area contributed by atoms with E-state index in [9.17, 15) is 0 Å². The highest BCUT2D eigenvalue weighted by atomic mass is 32.1. The Morgan fingerprint density at radius 2 is 2.38 bits per heavy atom. The van der Waals surface area contributed by atoms with Crippen LogP contribution in [0.15, 0.2) is 12.3 Å². The van der Waals surface area contributed by atoms with Gasteiger partial charge >= 0.3 is 0 Å². The zero-order valence-electron chi connectivity index (χ0n) is 6.93. The normalized spacial score (nSPS) is 10.2. The van der Waals surface area contributed by atoms with Crippen molar-refractivity contribution in [2.45, 2.75) is 0 Å². The minimum Gasteiger partial charge on any atom is -0.374 e. The van der Waals surface area contributed by atoms with Crippen molar-refractivity contribution in [2.24, 2.45) is 0 Å². The van der Waals surface area contributed by atoms with Gasteiger partial charge in [0.15, 0.2) is 0 Å². The average molecular weight is 196 g/mol. The summed E-state index contributed by atoms with van der Waals surface area (Å²) in [5.74, 6) is 0.858. The molecule has 0 bridgehead atoms. The van der Waals surface area contributed by atoms with E-state index in [-0.39, 0.29) is 0 Å². The van der Waals surface area contributed by atoms with Crippen LogP contribution in [0.25, 0.3) is 5.13 Å². The van der Waals surface area contributed by atoms with Gasteiger partial charge in [-0.15, -0.1) is 10.2 Å². The van der Waals surface area contributed by atoms with Crippen molar-refractivity contribution in [3.8, 4) is 5.13 Å². The summed E-state index contributed by atoms with van der Waals surface area (Å²) in [6, 6.07) is 1.84. The number of aromatic nitrogens is 4. The summed E-state index contributed by atoms with van der Waals surface area (Å²) >= 11 is 1.29. The van der Waals surface area contributed by atoms with Gasteiger partial charge in [0.2, 0.25) is 10.3 Å². The number of nitrogen functional groups attached to an aromatic ring is 1. The number of nitrogens with one attached hydrogen (secondary N) is 1.